The van der Waals surface area contributed by atoms with Gasteiger partial charge in [0.15, 0.2) is 0 Å². The Labute approximate surface area is 109 Å². The fourth-order valence-electron chi connectivity index (χ4n) is 2.20. The molecule has 0 amide bonds. The molecule has 0 aliphatic carbocycles. The van der Waals surface area contributed by atoms with Crippen LogP contribution in [-0.4, -0.2) is 56.0 Å². The van der Waals surface area contributed by atoms with Crippen molar-refractivity contribution in [2.45, 2.75) is 6.42 Å². The lowest BCUT2D eigenvalue weighted by Crippen LogP contribution is -2.39. The molecule has 1 aliphatic heterocycles. The van der Waals surface area contributed by atoms with E-state index in [1.807, 2.05) is 12.1 Å². The van der Waals surface area contributed by atoms with Gasteiger partial charge in [0, 0.05) is 38.5 Å². The van der Waals surface area contributed by atoms with Crippen LogP contribution in [0.2, 0.25) is 0 Å². The number of morpholine rings is 1. The smallest absolute Gasteiger partial charge is 0.0594 e. The van der Waals surface area contributed by atoms with Crippen molar-refractivity contribution in [3.05, 3.63) is 29.8 Å². The summed E-state index contributed by atoms with van der Waals surface area (Å²) in [5.74, 6) is 0. The molecule has 1 aliphatic rings. The van der Waals surface area contributed by atoms with Gasteiger partial charge in [-0.2, -0.15) is 0 Å². The second kappa shape index (κ2) is 7.36. The molecule has 0 spiro atoms. The number of rotatable bonds is 6. The Hall–Kier alpha value is -1.10. The van der Waals surface area contributed by atoms with Crippen LogP contribution in [0.15, 0.2) is 24.3 Å². The first-order valence-corrected chi connectivity index (χ1v) is 6.63. The Balaban J connectivity index is 1.78. The third-order valence-corrected chi connectivity index (χ3v) is 3.25. The fraction of sp³-hybridized carbons (Fsp3) is 0.571. The largest absolute Gasteiger partial charge is 0.396 e. The molecular formula is C14H22N2O2. The molecule has 1 aromatic rings. The summed E-state index contributed by atoms with van der Waals surface area (Å²) in [6.07, 6.45) is 0.709. The van der Waals surface area contributed by atoms with Crippen molar-refractivity contribution in [1.29, 1.82) is 0 Å². The standard InChI is InChI=1S/C14H22N2O2/c17-10-5-13-3-1-2-4-14(13)15-6-7-16-8-11-18-12-9-16/h1-4,15,17H,5-12H2. The summed E-state index contributed by atoms with van der Waals surface area (Å²) in [6.45, 7) is 5.92. The second-order valence-electron chi connectivity index (χ2n) is 4.51. The van der Waals surface area contributed by atoms with E-state index in [9.17, 15) is 0 Å². The summed E-state index contributed by atoms with van der Waals surface area (Å²) in [7, 11) is 0. The molecule has 1 fully saturated rings. The van der Waals surface area contributed by atoms with Crippen LogP contribution in [0.4, 0.5) is 5.69 Å². The number of nitrogens with zero attached hydrogens (tertiary/aromatic N) is 1. The van der Waals surface area contributed by atoms with Gasteiger partial charge >= 0.3 is 0 Å². The summed E-state index contributed by atoms with van der Waals surface area (Å²) in [6, 6.07) is 8.17. The van der Waals surface area contributed by atoms with E-state index in [4.69, 9.17) is 9.84 Å². The van der Waals surface area contributed by atoms with E-state index in [1.165, 1.54) is 5.56 Å². The van der Waals surface area contributed by atoms with Gasteiger partial charge < -0.3 is 15.2 Å². The SMILES string of the molecule is OCCc1ccccc1NCCN1CCOCC1. The number of aliphatic hydroxyl groups excluding tert-OH is 1. The van der Waals surface area contributed by atoms with Crippen LogP contribution in [0.1, 0.15) is 5.56 Å². The highest BCUT2D eigenvalue weighted by Crippen LogP contribution is 2.15. The maximum Gasteiger partial charge on any atom is 0.0594 e. The molecule has 4 heteroatoms. The van der Waals surface area contributed by atoms with Crippen LogP contribution < -0.4 is 5.32 Å². The van der Waals surface area contributed by atoms with Crippen molar-refractivity contribution in [1.82, 2.24) is 4.90 Å². The van der Waals surface area contributed by atoms with E-state index in [1.54, 1.807) is 0 Å². The van der Waals surface area contributed by atoms with E-state index in [-0.39, 0.29) is 6.61 Å². The van der Waals surface area contributed by atoms with Crippen molar-refractivity contribution in [2.75, 3.05) is 51.3 Å². The number of nitrogens with one attached hydrogen (secondary N) is 1. The van der Waals surface area contributed by atoms with E-state index in [0.717, 1.165) is 45.1 Å². The van der Waals surface area contributed by atoms with E-state index < -0.39 is 0 Å². The van der Waals surface area contributed by atoms with Crippen LogP contribution in [0.3, 0.4) is 0 Å². The molecule has 2 rings (SSSR count). The molecule has 1 aromatic carbocycles. The summed E-state index contributed by atoms with van der Waals surface area (Å²) in [5, 5.41) is 12.5. The highest BCUT2D eigenvalue weighted by Gasteiger charge is 2.09. The van der Waals surface area contributed by atoms with Gasteiger partial charge in [0.05, 0.1) is 13.2 Å². The minimum absolute atomic E-state index is 0.197. The Bertz CT molecular complexity index is 351. The lowest BCUT2D eigenvalue weighted by molar-refractivity contribution is 0.0398. The van der Waals surface area contributed by atoms with Gasteiger partial charge in [0.1, 0.15) is 0 Å². The van der Waals surface area contributed by atoms with Gasteiger partial charge in [-0.25, -0.2) is 0 Å². The van der Waals surface area contributed by atoms with Crippen LogP contribution in [0.5, 0.6) is 0 Å². The zero-order chi connectivity index (χ0) is 12.6. The highest BCUT2D eigenvalue weighted by molar-refractivity contribution is 5.51. The summed E-state index contributed by atoms with van der Waals surface area (Å²) in [4.78, 5) is 2.41. The maximum atomic E-state index is 9.02. The average molecular weight is 250 g/mol. The first-order valence-electron chi connectivity index (χ1n) is 6.63. The Morgan fingerprint density at radius 3 is 2.78 bits per heavy atom. The van der Waals surface area contributed by atoms with Crippen LogP contribution >= 0.6 is 0 Å². The molecule has 4 nitrogen and oxygen atoms in total. The molecule has 0 atom stereocenters. The number of ether oxygens (including phenoxy) is 1. The second-order valence-corrected chi connectivity index (χ2v) is 4.51. The quantitative estimate of drug-likeness (QED) is 0.789. The normalized spacial score (nSPS) is 16.7. The van der Waals surface area contributed by atoms with Crippen LogP contribution in [-0.2, 0) is 11.2 Å². The van der Waals surface area contributed by atoms with Gasteiger partial charge in [-0.3, -0.25) is 4.90 Å². The number of hydrogen-bond donors (Lipinski definition) is 2. The van der Waals surface area contributed by atoms with Crippen LogP contribution in [0.25, 0.3) is 0 Å². The summed E-state index contributed by atoms with van der Waals surface area (Å²) >= 11 is 0. The monoisotopic (exact) mass is 250 g/mol. The third-order valence-electron chi connectivity index (χ3n) is 3.25. The molecule has 18 heavy (non-hydrogen) atoms. The highest BCUT2D eigenvalue weighted by atomic mass is 16.5. The predicted molar refractivity (Wildman–Crippen MR) is 73.0 cm³/mol. The summed E-state index contributed by atoms with van der Waals surface area (Å²) < 4.78 is 5.33. The Morgan fingerprint density at radius 1 is 1.22 bits per heavy atom. The molecule has 100 valence electrons. The number of para-hydroxylation sites is 1. The van der Waals surface area contributed by atoms with Crippen molar-refractivity contribution in [2.24, 2.45) is 0 Å². The molecule has 0 bridgehead atoms. The minimum Gasteiger partial charge on any atom is -0.396 e. The molecular weight excluding hydrogens is 228 g/mol. The zero-order valence-corrected chi connectivity index (χ0v) is 10.8. The molecule has 1 saturated heterocycles. The van der Waals surface area contributed by atoms with Gasteiger partial charge in [-0.05, 0) is 18.1 Å². The Morgan fingerprint density at radius 2 is 2.00 bits per heavy atom. The van der Waals surface area contributed by atoms with E-state index in [2.05, 4.69) is 22.3 Å². The Kier molecular flexibility index (Phi) is 5.45. The number of hydrogen-bond acceptors (Lipinski definition) is 4. The van der Waals surface area contributed by atoms with Gasteiger partial charge in [0.2, 0.25) is 0 Å². The number of benzene rings is 1. The van der Waals surface area contributed by atoms with Crippen molar-refractivity contribution in [3.8, 4) is 0 Å². The average Bonchev–Trinajstić information content (AvgIpc) is 2.42. The van der Waals surface area contributed by atoms with Gasteiger partial charge in [-0.1, -0.05) is 18.2 Å². The van der Waals surface area contributed by atoms with E-state index in [0.29, 0.717) is 6.42 Å². The van der Waals surface area contributed by atoms with Crippen LogP contribution in [0, 0.1) is 0 Å². The summed E-state index contributed by atoms with van der Waals surface area (Å²) in [5.41, 5.74) is 2.32. The molecule has 0 aromatic heterocycles. The molecule has 1 heterocycles. The first kappa shape index (κ1) is 13.3. The lowest BCUT2D eigenvalue weighted by atomic mass is 10.1. The van der Waals surface area contributed by atoms with Gasteiger partial charge in [0.25, 0.3) is 0 Å². The number of aliphatic hydroxyl groups is 1. The topological polar surface area (TPSA) is 44.7 Å². The molecule has 0 radical (unpaired) electrons. The van der Waals surface area contributed by atoms with Gasteiger partial charge in [-0.15, -0.1) is 0 Å². The zero-order valence-electron chi connectivity index (χ0n) is 10.8. The molecule has 0 saturated carbocycles. The van der Waals surface area contributed by atoms with E-state index >= 15 is 0 Å². The van der Waals surface area contributed by atoms with Crippen molar-refractivity contribution >= 4 is 5.69 Å². The lowest BCUT2D eigenvalue weighted by Gasteiger charge is -2.26. The fourth-order valence-corrected chi connectivity index (χ4v) is 2.20. The van der Waals surface area contributed by atoms with Crippen molar-refractivity contribution in [3.63, 3.8) is 0 Å². The molecule has 2 N–H and O–H groups in total. The first-order chi connectivity index (χ1) is 8.90. The molecule has 0 unspecified atom stereocenters. The minimum atomic E-state index is 0.197. The maximum absolute atomic E-state index is 9.02. The number of anilines is 1. The van der Waals surface area contributed by atoms with Crippen molar-refractivity contribution < 1.29 is 9.84 Å². The predicted octanol–water partition coefficient (Wildman–Crippen LogP) is 0.965. The third kappa shape index (κ3) is 3.98.